The predicted molar refractivity (Wildman–Crippen MR) is 116 cm³/mol. The van der Waals surface area contributed by atoms with E-state index < -0.39 is 33.9 Å². The predicted octanol–water partition coefficient (Wildman–Crippen LogP) is 4.03. The van der Waals surface area contributed by atoms with E-state index in [2.05, 4.69) is 5.32 Å². The zero-order valence-electron chi connectivity index (χ0n) is 16.0. The standard InChI is InChI=1S/C19H20Cl2N2O5S2/c1-12(18(24)22-16-5-4-14(20)11-15(16)21)28-19(25)13-6-8-23(9-7-13)30(26,27)17-3-2-10-29-17/h2-5,10-13H,6-9H2,1H3,(H,22,24). The van der Waals surface area contributed by atoms with Crippen LogP contribution >= 0.6 is 34.5 Å². The number of rotatable bonds is 6. The lowest BCUT2D eigenvalue weighted by Crippen LogP contribution is -2.41. The molecule has 1 N–H and O–H groups in total. The Morgan fingerprint density at radius 1 is 1.23 bits per heavy atom. The van der Waals surface area contributed by atoms with Gasteiger partial charge < -0.3 is 10.1 Å². The smallest absolute Gasteiger partial charge is 0.309 e. The molecule has 2 heterocycles. The first-order valence-electron chi connectivity index (χ1n) is 9.18. The molecule has 0 radical (unpaired) electrons. The van der Waals surface area contributed by atoms with Crippen molar-refractivity contribution in [1.29, 1.82) is 0 Å². The molecule has 1 aromatic carbocycles. The number of halogens is 2. The second-order valence-electron chi connectivity index (χ2n) is 6.80. The number of benzene rings is 1. The van der Waals surface area contributed by atoms with Crippen molar-refractivity contribution in [2.75, 3.05) is 18.4 Å². The van der Waals surface area contributed by atoms with Gasteiger partial charge in [0.1, 0.15) is 4.21 Å². The van der Waals surface area contributed by atoms with Gasteiger partial charge in [-0.2, -0.15) is 4.31 Å². The summed E-state index contributed by atoms with van der Waals surface area (Å²) in [5.74, 6) is -1.51. The van der Waals surface area contributed by atoms with E-state index >= 15 is 0 Å². The molecule has 1 saturated heterocycles. The molecule has 2 aromatic rings. The second-order valence-corrected chi connectivity index (χ2v) is 10.8. The molecule has 1 aromatic heterocycles. The monoisotopic (exact) mass is 490 g/mol. The summed E-state index contributed by atoms with van der Waals surface area (Å²) in [6.07, 6.45) is -0.362. The van der Waals surface area contributed by atoms with Gasteiger partial charge in [-0.15, -0.1) is 11.3 Å². The number of esters is 1. The third kappa shape index (κ3) is 5.33. The van der Waals surface area contributed by atoms with Gasteiger partial charge in [-0.1, -0.05) is 29.3 Å². The summed E-state index contributed by atoms with van der Waals surface area (Å²) in [6, 6.07) is 7.88. The summed E-state index contributed by atoms with van der Waals surface area (Å²) in [7, 11) is -3.53. The Morgan fingerprint density at radius 2 is 1.93 bits per heavy atom. The first-order chi connectivity index (χ1) is 14.2. The van der Waals surface area contributed by atoms with Crippen LogP contribution in [0.3, 0.4) is 0 Å². The quantitative estimate of drug-likeness (QED) is 0.617. The molecular formula is C19H20Cl2N2O5S2. The summed E-state index contributed by atoms with van der Waals surface area (Å²) in [4.78, 5) is 24.8. The van der Waals surface area contributed by atoms with Crippen molar-refractivity contribution in [3.05, 3.63) is 45.8 Å². The molecule has 0 saturated carbocycles. The fraction of sp³-hybridized carbons (Fsp3) is 0.368. The number of nitrogens with one attached hydrogen (secondary N) is 1. The summed E-state index contributed by atoms with van der Waals surface area (Å²) in [5.41, 5.74) is 0.362. The van der Waals surface area contributed by atoms with Gasteiger partial charge in [0.2, 0.25) is 0 Å². The molecule has 162 valence electrons. The Balaban J connectivity index is 1.52. The highest BCUT2D eigenvalue weighted by molar-refractivity contribution is 7.91. The number of sulfonamides is 1. The Hall–Kier alpha value is -1.65. The minimum Gasteiger partial charge on any atom is -0.452 e. The molecule has 1 aliphatic heterocycles. The molecule has 7 nitrogen and oxygen atoms in total. The van der Waals surface area contributed by atoms with Crippen LogP contribution in [0, 0.1) is 5.92 Å². The van der Waals surface area contributed by atoms with Crippen molar-refractivity contribution in [2.24, 2.45) is 5.92 Å². The molecule has 11 heteroatoms. The van der Waals surface area contributed by atoms with Gasteiger partial charge >= 0.3 is 5.97 Å². The van der Waals surface area contributed by atoms with E-state index in [1.807, 2.05) is 0 Å². The molecule has 1 unspecified atom stereocenters. The number of carbonyl (C=O) groups excluding carboxylic acids is 2. The van der Waals surface area contributed by atoms with Crippen molar-refractivity contribution in [3.8, 4) is 0 Å². The number of anilines is 1. The number of ether oxygens (including phenoxy) is 1. The lowest BCUT2D eigenvalue weighted by atomic mass is 9.98. The number of nitrogens with zero attached hydrogens (tertiary/aromatic N) is 1. The molecule has 1 aliphatic rings. The van der Waals surface area contributed by atoms with E-state index in [9.17, 15) is 18.0 Å². The highest BCUT2D eigenvalue weighted by Crippen LogP contribution is 2.28. The van der Waals surface area contributed by atoms with Crippen LogP contribution < -0.4 is 5.32 Å². The molecule has 30 heavy (non-hydrogen) atoms. The lowest BCUT2D eigenvalue weighted by molar-refractivity contribution is -0.158. The van der Waals surface area contributed by atoms with E-state index in [-0.39, 0.29) is 22.3 Å². The van der Waals surface area contributed by atoms with Crippen molar-refractivity contribution < 1.29 is 22.7 Å². The number of hydrogen-bond donors (Lipinski definition) is 1. The van der Waals surface area contributed by atoms with Gasteiger partial charge in [0.15, 0.2) is 6.10 Å². The second kappa shape index (κ2) is 9.65. The van der Waals surface area contributed by atoms with Crippen LogP contribution in [0.25, 0.3) is 0 Å². The first kappa shape index (κ1) is 23.0. The Bertz CT molecular complexity index is 1020. The third-order valence-electron chi connectivity index (χ3n) is 4.73. The molecular weight excluding hydrogens is 471 g/mol. The minimum absolute atomic E-state index is 0.223. The first-order valence-corrected chi connectivity index (χ1v) is 12.3. The molecule has 0 aliphatic carbocycles. The number of amides is 1. The van der Waals surface area contributed by atoms with Crippen LogP contribution in [0.5, 0.6) is 0 Å². The van der Waals surface area contributed by atoms with Gasteiger partial charge in [0, 0.05) is 18.1 Å². The Kier molecular flexibility index (Phi) is 7.41. The number of piperidine rings is 1. The average molecular weight is 491 g/mol. The van der Waals surface area contributed by atoms with Crippen molar-refractivity contribution in [2.45, 2.75) is 30.1 Å². The van der Waals surface area contributed by atoms with Crippen LogP contribution in [-0.4, -0.2) is 43.8 Å². The summed E-state index contributed by atoms with van der Waals surface area (Å²) in [6.45, 7) is 1.91. The van der Waals surface area contributed by atoms with E-state index in [0.29, 0.717) is 23.6 Å². The summed E-state index contributed by atoms with van der Waals surface area (Å²) in [5, 5.41) is 5.01. The SMILES string of the molecule is CC(OC(=O)C1CCN(S(=O)(=O)c2cccs2)CC1)C(=O)Nc1ccc(Cl)cc1Cl. The Morgan fingerprint density at radius 3 is 2.53 bits per heavy atom. The largest absolute Gasteiger partial charge is 0.452 e. The zero-order chi connectivity index (χ0) is 21.9. The lowest BCUT2D eigenvalue weighted by Gasteiger charge is -2.30. The maximum absolute atomic E-state index is 12.6. The van der Waals surface area contributed by atoms with Crippen LogP contribution in [0.2, 0.25) is 10.0 Å². The normalized spacial score (nSPS) is 16.8. The van der Waals surface area contributed by atoms with Gasteiger partial charge in [-0.25, -0.2) is 8.42 Å². The number of thiophene rings is 1. The van der Waals surface area contributed by atoms with Crippen LogP contribution in [0.15, 0.2) is 39.9 Å². The molecule has 1 fully saturated rings. The molecule has 1 atom stereocenters. The fourth-order valence-corrected chi connectivity index (χ4v) is 6.09. The molecule has 3 rings (SSSR count). The van der Waals surface area contributed by atoms with Crippen LogP contribution in [0.4, 0.5) is 5.69 Å². The minimum atomic E-state index is -3.53. The zero-order valence-corrected chi connectivity index (χ0v) is 19.2. The van der Waals surface area contributed by atoms with E-state index in [1.54, 1.807) is 29.6 Å². The van der Waals surface area contributed by atoms with Crippen molar-refractivity contribution in [1.82, 2.24) is 4.31 Å². The number of carbonyl (C=O) groups is 2. The van der Waals surface area contributed by atoms with Crippen molar-refractivity contribution in [3.63, 3.8) is 0 Å². The van der Waals surface area contributed by atoms with Gasteiger partial charge in [-0.3, -0.25) is 9.59 Å². The molecule has 1 amide bonds. The average Bonchev–Trinajstić information content (AvgIpc) is 3.26. The molecule has 0 spiro atoms. The van der Waals surface area contributed by atoms with Crippen molar-refractivity contribution >= 4 is 62.1 Å². The highest BCUT2D eigenvalue weighted by Gasteiger charge is 2.34. The molecule has 0 bridgehead atoms. The number of hydrogen-bond acceptors (Lipinski definition) is 6. The summed E-state index contributed by atoms with van der Waals surface area (Å²) >= 11 is 13.0. The summed E-state index contributed by atoms with van der Waals surface area (Å²) < 4.78 is 32.1. The maximum Gasteiger partial charge on any atom is 0.309 e. The maximum atomic E-state index is 12.6. The van der Waals surface area contributed by atoms with Gasteiger partial charge in [0.05, 0.1) is 16.6 Å². The fourth-order valence-electron chi connectivity index (χ4n) is 3.02. The van der Waals surface area contributed by atoms with Crippen LogP contribution in [0.1, 0.15) is 19.8 Å². The third-order valence-corrected chi connectivity index (χ3v) is 8.55. The Labute approximate surface area is 189 Å². The van der Waals surface area contributed by atoms with Gasteiger partial charge in [0.25, 0.3) is 15.9 Å². The topological polar surface area (TPSA) is 92.8 Å². The highest BCUT2D eigenvalue weighted by atomic mass is 35.5. The van der Waals surface area contributed by atoms with Gasteiger partial charge in [-0.05, 0) is 49.4 Å². The van der Waals surface area contributed by atoms with E-state index in [0.717, 1.165) is 11.3 Å². The van der Waals surface area contributed by atoms with E-state index in [1.165, 1.54) is 17.3 Å². The van der Waals surface area contributed by atoms with Crippen LogP contribution in [-0.2, 0) is 24.3 Å². The van der Waals surface area contributed by atoms with E-state index in [4.69, 9.17) is 27.9 Å².